The average molecular weight is 253 g/mol. The maximum Gasteiger partial charge on any atom is 0.230 e. The lowest BCUT2D eigenvalue weighted by molar-refractivity contribution is -0.148. The summed E-state index contributed by atoms with van der Waals surface area (Å²) >= 11 is 0. The van der Waals surface area contributed by atoms with Crippen LogP contribution in [0.5, 0.6) is 0 Å². The normalized spacial score (nSPS) is 25.6. The van der Waals surface area contributed by atoms with Gasteiger partial charge in [-0.25, -0.2) is 0 Å². The fourth-order valence-corrected chi connectivity index (χ4v) is 3.07. The zero-order valence-corrected chi connectivity index (χ0v) is 11.8. The molecule has 0 aromatic carbocycles. The smallest absolute Gasteiger partial charge is 0.230 e. The van der Waals surface area contributed by atoms with Crippen LogP contribution in [-0.4, -0.2) is 54.5 Å². The standard InChI is InChI=1S/C14H27N3O/c1-3-12(2)16-7-9-17(10-8-16)13(18)14(11-15)5-4-6-14/h12H,3-11,15H2,1-2H3. The van der Waals surface area contributed by atoms with Crippen molar-refractivity contribution in [2.75, 3.05) is 32.7 Å². The lowest BCUT2D eigenvalue weighted by Gasteiger charge is -2.45. The highest BCUT2D eigenvalue weighted by Crippen LogP contribution is 2.41. The molecular formula is C14H27N3O. The highest BCUT2D eigenvalue weighted by molar-refractivity contribution is 5.84. The minimum Gasteiger partial charge on any atom is -0.340 e. The van der Waals surface area contributed by atoms with Crippen LogP contribution in [0.1, 0.15) is 39.5 Å². The van der Waals surface area contributed by atoms with Gasteiger partial charge < -0.3 is 10.6 Å². The largest absolute Gasteiger partial charge is 0.340 e. The van der Waals surface area contributed by atoms with Crippen LogP contribution in [0, 0.1) is 5.41 Å². The van der Waals surface area contributed by atoms with Crippen LogP contribution in [0.15, 0.2) is 0 Å². The Hall–Kier alpha value is -0.610. The molecule has 0 bridgehead atoms. The molecular weight excluding hydrogens is 226 g/mol. The Morgan fingerprint density at radius 3 is 2.28 bits per heavy atom. The van der Waals surface area contributed by atoms with Crippen molar-refractivity contribution in [2.45, 2.75) is 45.6 Å². The van der Waals surface area contributed by atoms with Crippen molar-refractivity contribution in [2.24, 2.45) is 11.1 Å². The summed E-state index contributed by atoms with van der Waals surface area (Å²) in [5, 5.41) is 0. The molecule has 0 spiro atoms. The Bertz CT molecular complexity index is 288. The molecule has 2 aliphatic rings. The Morgan fingerprint density at radius 2 is 1.89 bits per heavy atom. The third-order valence-corrected chi connectivity index (χ3v) is 4.97. The zero-order valence-electron chi connectivity index (χ0n) is 11.8. The van der Waals surface area contributed by atoms with E-state index in [1.54, 1.807) is 0 Å². The van der Waals surface area contributed by atoms with Crippen LogP contribution in [0.2, 0.25) is 0 Å². The first-order valence-corrected chi connectivity index (χ1v) is 7.36. The maximum atomic E-state index is 12.5. The van der Waals surface area contributed by atoms with Crippen molar-refractivity contribution >= 4 is 5.91 Å². The molecule has 2 rings (SSSR count). The molecule has 0 aromatic rings. The van der Waals surface area contributed by atoms with Crippen LogP contribution >= 0.6 is 0 Å². The molecule has 4 nitrogen and oxygen atoms in total. The molecule has 0 aromatic heterocycles. The molecule has 18 heavy (non-hydrogen) atoms. The zero-order chi connectivity index (χ0) is 13.2. The number of nitrogens with two attached hydrogens (primary N) is 1. The number of hydrogen-bond acceptors (Lipinski definition) is 3. The molecule has 2 fully saturated rings. The third kappa shape index (κ3) is 2.41. The second kappa shape index (κ2) is 5.57. The van der Waals surface area contributed by atoms with Crippen LogP contribution in [0.4, 0.5) is 0 Å². The lowest BCUT2D eigenvalue weighted by Crippen LogP contribution is -2.58. The van der Waals surface area contributed by atoms with Crippen molar-refractivity contribution in [3.05, 3.63) is 0 Å². The first-order chi connectivity index (χ1) is 8.63. The topological polar surface area (TPSA) is 49.6 Å². The van der Waals surface area contributed by atoms with Gasteiger partial charge in [0.15, 0.2) is 0 Å². The van der Waals surface area contributed by atoms with Crippen LogP contribution in [0.25, 0.3) is 0 Å². The van der Waals surface area contributed by atoms with Gasteiger partial charge in [-0.2, -0.15) is 0 Å². The number of carbonyl (C=O) groups excluding carboxylic acids is 1. The molecule has 0 radical (unpaired) electrons. The van der Waals surface area contributed by atoms with Crippen LogP contribution in [-0.2, 0) is 4.79 Å². The second-order valence-corrected chi connectivity index (χ2v) is 5.92. The van der Waals surface area contributed by atoms with Crippen LogP contribution < -0.4 is 5.73 Å². The SMILES string of the molecule is CCC(C)N1CCN(C(=O)C2(CN)CCC2)CC1. The molecule has 1 aliphatic carbocycles. The predicted molar refractivity (Wildman–Crippen MR) is 73.2 cm³/mol. The highest BCUT2D eigenvalue weighted by Gasteiger charge is 2.45. The van der Waals surface area contributed by atoms with E-state index in [1.807, 2.05) is 4.90 Å². The van der Waals surface area contributed by atoms with E-state index in [9.17, 15) is 4.79 Å². The van der Waals surface area contributed by atoms with Crippen molar-refractivity contribution < 1.29 is 4.79 Å². The van der Waals surface area contributed by atoms with E-state index < -0.39 is 0 Å². The Labute approximate surface area is 110 Å². The van der Waals surface area contributed by atoms with E-state index in [0.717, 1.165) is 45.4 Å². The summed E-state index contributed by atoms with van der Waals surface area (Å²) in [6, 6.07) is 0.634. The third-order valence-electron chi connectivity index (χ3n) is 4.97. The Kier molecular flexibility index (Phi) is 4.28. The van der Waals surface area contributed by atoms with Gasteiger partial charge in [0.1, 0.15) is 0 Å². The molecule has 2 N–H and O–H groups in total. The molecule has 4 heteroatoms. The van der Waals surface area contributed by atoms with Gasteiger partial charge in [-0.05, 0) is 26.2 Å². The van der Waals surface area contributed by atoms with Gasteiger partial charge in [0.25, 0.3) is 0 Å². The van der Waals surface area contributed by atoms with Crippen molar-refractivity contribution in [1.82, 2.24) is 9.80 Å². The monoisotopic (exact) mass is 253 g/mol. The van der Waals surface area contributed by atoms with Crippen molar-refractivity contribution in [3.63, 3.8) is 0 Å². The quantitative estimate of drug-likeness (QED) is 0.815. The maximum absolute atomic E-state index is 12.5. The van der Waals surface area contributed by atoms with Crippen molar-refractivity contribution in [1.29, 1.82) is 0 Å². The fourth-order valence-electron chi connectivity index (χ4n) is 3.07. The molecule has 1 atom stereocenters. The van der Waals surface area contributed by atoms with Gasteiger partial charge >= 0.3 is 0 Å². The lowest BCUT2D eigenvalue weighted by atomic mass is 9.67. The Morgan fingerprint density at radius 1 is 1.28 bits per heavy atom. The van der Waals surface area contributed by atoms with Gasteiger partial charge in [-0.15, -0.1) is 0 Å². The summed E-state index contributed by atoms with van der Waals surface area (Å²) in [7, 11) is 0. The predicted octanol–water partition coefficient (Wildman–Crippen LogP) is 1.06. The van der Waals surface area contributed by atoms with Gasteiger partial charge in [-0.3, -0.25) is 9.69 Å². The molecule has 1 amide bonds. The molecule has 1 unspecified atom stereocenters. The minimum absolute atomic E-state index is 0.196. The van der Waals surface area contributed by atoms with Crippen LogP contribution in [0.3, 0.4) is 0 Å². The van der Waals surface area contributed by atoms with Gasteiger partial charge in [0, 0.05) is 38.8 Å². The van der Waals surface area contributed by atoms with Gasteiger partial charge in [0.05, 0.1) is 5.41 Å². The van der Waals surface area contributed by atoms with E-state index >= 15 is 0 Å². The highest BCUT2D eigenvalue weighted by atomic mass is 16.2. The van der Waals surface area contributed by atoms with Gasteiger partial charge in [-0.1, -0.05) is 13.3 Å². The summed E-state index contributed by atoms with van der Waals surface area (Å²) in [5.74, 6) is 0.319. The molecule has 1 saturated carbocycles. The number of nitrogens with zero attached hydrogens (tertiary/aromatic N) is 2. The molecule has 1 saturated heterocycles. The summed E-state index contributed by atoms with van der Waals surface area (Å²) in [6.07, 6.45) is 4.33. The number of rotatable bonds is 4. The van der Waals surface area contributed by atoms with E-state index in [4.69, 9.17) is 5.73 Å². The first-order valence-electron chi connectivity index (χ1n) is 7.36. The number of hydrogen-bond donors (Lipinski definition) is 1. The summed E-state index contributed by atoms with van der Waals surface area (Å²) in [5.41, 5.74) is 5.62. The molecule has 1 aliphatic heterocycles. The van der Waals surface area contributed by atoms with Crippen molar-refractivity contribution in [3.8, 4) is 0 Å². The number of piperazine rings is 1. The van der Waals surface area contributed by atoms with E-state index in [2.05, 4.69) is 18.7 Å². The summed E-state index contributed by atoms with van der Waals surface area (Å²) in [6.45, 7) is 8.81. The first kappa shape index (κ1) is 13.8. The molecule has 1 heterocycles. The molecule has 104 valence electrons. The Balaban J connectivity index is 1.88. The van der Waals surface area contributed by atoms with E-state index in [0.29, 0.717) is 18.5 Å². The van der Waals surface area contributed by atoms with E-state index in [1.165, 1.54) is 6.42 Å². The average Bonchev–Trinajstić information content (AvgIpc) is 2.37. The van der Waals surface area contributed by atoms with Gasteiger partial charge in [0.2, 0.25) is 5.91 Å². The fraction of sp³-hybridized carbons (Fsp3) is 0.929. The summed E-state index contributed by atoms with van der Waals surface area (Å²) in [4.78, 5) is 17.0. The summed E-state index contributed by atoms with van der Waals surface area (Å²) < 4.78 is 0. The van der Waals surface area contributed by atoms with E-state index in [-0.39, 0.29) is 5.41 Å². The number of amides is 1. The minimum atomic E-state index is -0.196. The second-order valence-electron chi connectivity index (χ2n) is 5.92. The number of carbonyl (C=O) groups is 1.